The molecule has 2 N–H and O–H groups in total. The van der Waals surface area contributed by atoms with Crippen LogP contribution in [0.4, 0.5) is 0 Å². The number of nitrogens with one attached hydrogen (secondary N) is 2. The predicted octanol–water partition coefficient (Wildman–Crippen LogP) is 43.3. The summed E-state index contributed by atoms with van der Waals surface area (Å²) in [6.07, 6.45) is 22.1. The zero-order valence-electron chi connectivity index (χ0n) is 74.3. The van der Waals surface area contributed by atoms with Crippen molar-refractivity contribution in [3.8, 4) is 0 Å². The summed E-state index contributed by atoms with van der Waals surface area (Å²) in [6.45, 7) is 0. The maximum Gasteiger partial charge on any atom is 0.152 e. The Morgan fingerprint density at radius 3 is 0.757 bits per heavy atom. The molecule has 0 saturated heterocycles. The molecule has 0 saturated carbocycles. The number of thiophene rings is 15. The molecule has 39 aromatic rings. The van der Waals surface area contributed by atoms with Crippen LogP contribution in [0.5, 0.6) is 0 Å². The number of benzene rings is 13. The van der Waals surface area contributed by atoms with E-state index in [9.17, 15) is 0 Å². The molecule has 13 aromatic carbocycles. The molecule has 40 rings (SSSR count). The molecule has 8 nitrogen and oxygen atoms in total. The summed E-state index contributed by atoms with van der Waals surface area (Å²) in [6, 6.07) is 59.5. The topological polar surface area (TPSA) is 84.2 Å². The predicted molar refractivity (Wildman–Crippen MR) is 645 cm³/mol. The average molecular weight is 2110 g/mol. The van der Waals surface area contributed by atoms with Crippen LogP contribution in [0.25, 0.3) is 358 Å². The van der Waals surface area contributed by atoms with Crippen LogP contribution in [0.2, 0.25) is 0 Å². The van der Waals surface area contributed by atoms with Crippen LogP contribution in [-0.4, -0.2) is 23.2 Å². The van der Waals surface area contributed by atoms with E-state index in [1.54, 1.807) is 34.0 Å². The van der Waals surface area contributed by atoms with Gasteiger partial charge in [-0.1, -0.05) is 12.2 Å². The standard InChI is InChI=1S/C31H16N2S3.C30H15N3S3.C30H12O3S3.C30H12S6/c1-2-14-15(3-1)29-18(6-11-34-29)24-21(14)25-19-7-12-35-30(19)28-17(5-10-33-28)23(25)26-20-8-13-36-31(20)27-16(22(24)26)4-9-32-27;1-4-19-25-22(16-7-13-34-28(16)31(19)10-1)26-20-5-2-12-33(20)30-18(9-15-36-30)24(26)27-21-6-3-11-32(21)29-17(23(25)27)8-14-35-29;1-7-31-25-13(1)19-22(16-4-10-34-28(16)25)20-14-2-9-33-27(14)30-18(6-12-36-30)24(20)21-15-3-8-32-26(15)29-17(23(19)21)5-11-35-29;1-7-31-25-13(1)19-20(14-2-8-32-26(14)25)22-16-4-11-35-29(16)30-18(6-12-36-30)24(22)23-17-5-10-34-28(17)27-15(21(19)23)3-9-33-27/h1-2,4-13,32-33H,3H2;1-15H;2*1-12H. The van der Waals surface area contributed by atoms with E-state index in [1.807, 2.05) is 155 Å². The molecule has 672 valence electrons. The SMILES string of the molecule is C1=Cc2c(c3sccc3c3c2c2c4ccsc4c4[nH]ccc4c2c2c4ccsc4c4[nH]ccc4c32)C1.c1cc2c(o1)c1sccc1c1c3c4ccoc4c4sccc4c3c3c4ccoc4c4sccc4c3c21.c1cc2c(s1)c1sccc1c1c2c2c3ccsc3c3sccc3c2c2c3ccsc3c3sccc3c12.c1cc2c3c(c4ccsc4n2c1)c1c(c2ccsc2n2cccc12)c1c3c2ccsc2n2cccc12. The molecule has 23 heteroatoms. The van der Waals surface area contributed by atoms with Crippen LogP contribution < -0.4 is 0 Å². The smallest absolute Gasteiger partial charge is 0.152 e. The number of aromatic amines is 2. The van der Waals surface area contributed by atoms with Crippen molar-refractivity contribution in [3.05, 3.63) is 305 Å². The molecule has 1 aliphatic rings. The van der Waals surface area contributed by atoms with Crippen LogP contribution in [-0.2, 0) is 6.42 Å². The first-order valence-electron chi connectivity index (χ1n) is 47.3. The van der Waals surface area contributed by atoms with Gasteiger partial charge in [-0.25, -0.2) is 0 Å². The van der Waals surface area contributed by atoms with Crippen molar-refractivity contribution in [1.82, 2.24) is 23.2 Å². The summed E-state index contributed by atoms with van der Waals surface area (Å²) in [5.74, 6) is 0. The Balaban J connectivity index is 0.0000000789. The summed E-state index contributed by atoms with van der Waals surface area (Å²) in [7, 11) is 0. The van der Waals surface area contributed by atoms with Crippen molar-refractivity contribution in [1.29, 1.82) is 0 Å². The van der Waals surface area contributed by atoms with Gasteiger partial charge in [-0.2, -0.15) is 0 Å². The van der Waals surface area contributed by atoms with E-state index in [0.29, 0.717) is 0 Å². The van der Waals surface area contributed by atoms with Crippen LogP contribution in [0.15, 0.2) is 308 Å². The molecule has 0 spiro atoms. The van der Waals surface area contributed by atoms with Gasteiger partial charge in [0.15, 0.2) is 16.7 Å². The zero-order chi connectivity index (χ0) is 92.5. The molecule has 26 heterocycles. The van der Waals surface area contributed by atoms with E-state index in [-0.39, 0.29) is 0 Å². The van der Waals surface area contributed by atoms with Crippen LogP contribution >= 0.6 is 170 Å². The fourth-order valence-corrected chi connectivity index (χ4v) is 40.8. The molecule has 0 aliphatic heterocycles. The Labute approximate surface area is 867 Å². The van der Waals surface area contributed by atoms with Crippen molar-refractivity contribution < 1.29 is 13.3 Å². The lowest BCUT2D eigenvalue weighted by molar-refractivity contribution is 0.619. The lowest BCUT2D eigenvalue weighted by atomic mass is 9.84. The van der Waals surface area contributed by atoms with Gasteiger partial charge in [0, 0.05) is 267 Å². The minimum Gasteiger partial charge on any atom is -0.463 e. The first-order valence-corrected chi connectivity index (χ1v) is 60.5. The Hall–Kier alpha value is -13.9. The van der Waals surface area contributed by atoms with Crippen molar-refractivity contribution in [2.75, 3.05) is 0 Å². The van der Waals surface area contributed by atoms with Gasteiger partial charge in [-0.15, -0.1) is 170 Å². The average Bonchev–Trinajstić information content (AvgIpc) is 1.49. The molecule has 0 radical (unpaired) electrons. The highest BCUT2D eigenvalue weighted by Crippen LogP contribution is 2.62. The maximum absolute atomic E-state index is 6.13. The van der Waals surface area contributed by atoms with E-state index in [4.69, 9.17) is 13.3 Å². The largest absolute Gasteiger partial charge is 0.463 e. The number of fused-ring (bicyclic) bond motifs is 84. The summed E-state index contributed by atoms with van der Waals surface area (Å²) >= 11 is 27.6. The quantitative estimate of drug-likeness (QED) is 0.148. The third-order valence-electron chi connectivity index (χ3n) is 31.6. The van der Waals surface area contributed by atoms with Gasteiger partial charge in [0.05, 0.1) is 98.1 Å². The number of hydrogen-bond donors (Lipinski definition) is 2. The third-order valence-corrected chi connectivity index (χ3v) is 45.9. The van der Waals surface area contributed by atoms with Crippen LogP contribution in [0.3, 0.4) is 0 Å². The van der Waals surface area contributed by atoms with Crippen molar-refractivity contribution in [3.63, 3.8) is 0 Å². The number of H-pyrrole nitrogens is 2. The van der Waals surface area contributed by atoms with E-state index >= 15 is 0 Å². The molecule has 0 unspecified atom stereocenters. The lowest BCUT2D eigenvalue weighted by Gasteiger charge is -2.18. The van der Waals surface area contributed by atoms with Gasteiger partial charge in [0.1, 0.15) is 14.5 Å². The second kappa shape index (κ2) is 28.2. The fraction of sp³-hybridized carbons (Fsp3) is 0.00826. The first-order chi connectivity index (χ1) is 71.6. The number of nitrogens with zero attached hydrogens (tertiary/aromatic N) is 3. The summed E-state index contributed by atoms with van der Waals surface area (Å²) < 4.78 is 41.9. The Kier molecular flexibility index (Phi) is 15.4. The zero-order valence-corrected chi connectivity index (χ0v) is 86.6. The minimum atomic E-state index is 0.962. The Bertz CT molecular complexity index is 10500. The summed E-state index contributed by atoms with van der Waals surface area (Å²) in [4.78, 5) is 11.1. The molecule has 0 amide bonds. The molecule has 0 fully saturated rings. The molecule has 26 aromatic heterocycles. The van der Waals surface area contributed by atoms with Gasteiger partial charge >= 0.3 is 0 Å². The Morgan fingerprint density at radius 2 is 0.438 bits per heavy atom. The summed E-state index contributed by atoms with van der Waals surface area (Å²) in [5.41, 5.74) is 12.2. The maximum atomic E-state index is 6.13. The van der Waals surface area contributed by atoms with Gasteiger partial charge < -0.3 is 36.4 Å². The highest BCUT2D eigenvalue weighted by Gasteiger charge is 2.34. The normalized spacial score (nSPS) is 13.2. The van der Waals surface area contributed by atoms with Crippen molar-refractivity contribution in [2.24, 2.45) is 0 Å². The molecule has 1 aliphatic carbocycles. The number of allylic oxidation sites excluding steroid dienone is 1. The third kappa shape index (κ3) is 9.53. The highest BCUT2D eigenvalue weighted by atomic mass is 32.2. The number of aromatic nitrogens is 5. The monoisotopic (exact) mass is 2110 g/mol. The number of rotatable bonds is 0. The van der Waals surface area contributed by atoms with Gasteiger partial charge in [0.2, 0.25) is 0 Å². The fourth-order valence-electron chi connectivity index (χ4n) is 26.6. The van der Waals surface area contributed by atoms with Crippen molar-refractivity contribution in [2.45, 2.75) is 6.42 Å². The second-order valence-corrected chi connectivity index (χ2v) is 51.4. The Morgan fingerprint density at radius 1 is 0.201 bits per heavy atom. The van der Waals surface area contributed by atoms with E-state index < -0.39 is 0 Å². The lowest BCUT2D eigenvalue weighted by Crippen LogP contribution is -1.95. The summed E-state index contributed by atoms with van der Waals surface area (Å²) in [5, 5.41) is 93.1. The van der Waals surface area contributed by atoms with Gasteiger partial charge in [-0.3, -0.25) is 0 Å². The molecular weight excluding hydrogens is 2050 g/mol. The minimum absolute atomic E-state index is 0.962. The highest BCUT2D eigenvalue weighted by molar-refractivity contribution is 7.28. The number of furan rings is 3. The van der Waals surface area contributed by atoms with E-state index in [0.717, 1.165) is 39.3 Å². The van der Waals surface area contributed by atoms with E-state index in [1.165, 1.54) is 330 Å². The van der Waals surface area contributed by atoms with Gasteiger partial charge in [0.25, 0.3) is 0 Å². The van der Waals surface area contributed by atoms with E-state index in [2.05, 4.69) is 305 Å². The van der Waals surface area contributed by atoms with Crippen LogP contribution in [0.1, 0.15) is 11.1 Å². The molecule has 0 bridgehead atoms. The number of hydrogen-bond acceptors (Lipinski definition) is 18. The second-order valence-electron chi connectivity index (χ2n) is 37.7. The molecule has 0 atom stereocenters. The number of pyridine rings is 3. The van der Waals surface area contributed by atoms with Crippen LogP contribution in [0, 0.1) is 0 Å². The first kappa shape index (κ1) is 78.6. The van der Waals surface area contributed by atoms with Gasteiger partial charge in [-0.05, 0) is 261 Å². The molecule has 144 heavy (non-hydrogen) atoms. The van der Waals surface area contributed by atoms with Crippen molar-refractivity contribution >= 4 is 528 Å². The molecular formula is C121H55N5O3S15.